The van der Waals surface area contributed by atoms with E-state index in [1.54, 1.807) is 10.6 Å². The van der Waals surface area contributed by atoms with Crippen LogP contribution in [-0.4, -0.2) is 36.2 Å². The molecule has 0 aliphatic carbocycles. The van der Waals surface area contributed by atoms with Gasteiger partial charge in [-0.25, -0.2) is 9.36 Å². The minimum atomic E-state index is -0.673. The number of aromatic nitrogens is 5. The first-order valence-corrected chi connectivity index (χ1v) is 9.09. The highest BCUT2D eigenvalue weighted by Gasteiger charge is 2.22. The van der Waals surface area contributed by atoms with E-state index in [0.29, 0.717) is 5.78 Å². The first kappa shape index (κ1) is 18.7. The fourth-order valence-electron chi connectivity index (χ4n) is 3.70. The predicted molar refractivity (Wildman–Crippen MR) is 108 cm³/mol. The van der Waals surface area contributed by atoms with Crippen LogP contribution in [0.4, 0.5) is 0 Å². The molecule has 0 saturated heterocycles. The topological polar surface area (TPSA) is 92.5 Å². The molecule has 4 aromatic rings. The number of esters is 1. The highest BCUT2D eigenvalue weighted by atomic mass is 16.5. The molecule has 0 radical (unpaired) electrons. The Morgan fingerprint density at radius 3 is 2.55 bits per heavy atom. The van der Waals surface area contributed by atoms with Gasteiger partial charge < -0.3 is 4.74 Å². The van der Waals surface area contributed by atoms with E-state index in [1.165, 1.54) is 18.7 Å². The maximum atomic E-state index is 13.1. The first-order chi connectivity index (χ1) is 13.7. The summed E-state index contributed by atoms with van der Waals surface area (Å²) in [6.07, 6.45) is 1.80. The summed E-state index contributed by atoms with van der Waals surface area (Å²) in [5.74, 6) is -0.152. The van der Waals surface area contributed by atoms with E-state index in [2.05, 4.69) is 15.8 Å². The van der Waals surface area contributed by atoms with Gasteiger partial charge in [0.05, 0.1) is 12.8 Å². The molecule has 0 amide bonds. The van der Waals surface area contributed by atoms with Crippen molar-refractivity contribution in [2.75, 3.05) is 7.11 Å². The second kappa shape index (κ2) is 6.47. The fraction of sp³-hybridized carbons (Fsp3) is 0.300. The molecule has 0 fully saturated rings. The minimum absolute atomic E-state index is 0.234. The molecule has 9 heteroatoms. The van der Waals surface area contributed by atoms with Crippen molar-refractivity contribution in [1.29, 1.82) is 0 Å². The monoisotopic (exact) mass is 395 g/mol. The Balaban J connectivity index is 2.09. The van der Waals surface area contributed by atoms with Gasteiger partial charge in [0.2, 0.25) is 5.78 Å². The zero-order valence-electron chi connectivity index (χ0n) is 16.9. The van der Waals surface area contributed by atoms with Crippen molar-refractivity contribution in [3.63, 3.8) is 0 Å². The average molecular weight is 395 g/mol. The number of imidazole rings is 2. The molecule has 4 rings (SSSR count). The number of benzene rings is 1. The van der Waals surface area contributed by atoms with Crippen LogP contribution in [0.25, 0.3) is 22.6 Å². The van der Waals surface area contributed by atoms with Crippen LogP contribution in [0.1, 0.15) is 16.8 Å². The van der Waals surface area contributed by atoms with E-state index < -0.39 is 23.8 Å². The van der Waals surface area contributed by atoms with Crippen LogP contribution in [0, 0.1) is 20.8 Å². The summed E-state index contributed by atoms with van der Waals surface area (Å²) in [6, 6.07) is 6.10. The summed E-state index contributed by atoms with van der Waals surface area (Å²) in [7, 11) is 2.74. The first-order valence-electron chi connectivity index (χ1n) is 9.09. The lowest BCUT2D eigenvalue weighted by atomic mass is 10.1. The van der Waals surface area contributed by atoms with Gasteiger partial charge in [-0.3, -0.25) is 23.1 Å². The summed E-state index contributed by atoms with van der Waals surface area (Å²) < 4.78 is 10.4. The third kappa shape index (κ3) is 2.69. The number of aryl methyl sites for hydroxylation is 4. The van der Waals surface area contributed by atoms with E-state index in [1.807, 2.05) is 37.5 Å². The number of nitrogens with zero attached hydrogens (tertiary/aromatic N) is 5. The zero-order valence-corrected chi connectivity index (χ0v) is 16.9. The van der Waals surface area contributed by atoms with Crippen molar-refractivity contribution in [1.82, 2.24) is 23.1 Å². The zero-order chi connectivity index (χ0) is 21.0. The Bertz CT molecular complexity index is 1420. The predicted octanol–water partition coefficient (Wildman–Crippen LogP) is 1.24. The SMILES string of the molecule is COC(=O)Cn1c(=O)c2c(nc3n(-c4ccc(C)cc4C)c(C)cn23)n(C)c1=O. The Kier molecular flexibility index (Phi) is 4.18. The van der Waals surface area contributed by atoms with Crippen LogP contribution in [0.15, 0.2) is 34.0 Å². The molecule has 0 N–H and O–H groups in total. The smallest absolute Gasteiger partial charge is 0.333 e. The summed E-state index contributed by atoms with van der Waals surface area (Å²) in [5.41, 5.74) is 3.32. The minimum Gasteiger partial charge on any atom is -0.468 e. The third-order valence-corrected chi connectivity index (χ3v) is 5.13. The molecule has 0 atom stereocenters. The molecular weight excluding hydrogens is 374 g/mol. The van der Waals surface area contributed by atoms with Crippen molar-refractivity contribution in [3.8, 4) is 5.69 Å². The number of ether oxygens (including phenoxy) is 1. The number of rotatable bonds is 3. The van der Waals surface area contributed by atoms with E-state index in [-0.39, 0.29) is 11.2 Å². The maximum absolute atomic E-state index is 13.1. The molecule has 0 bridgehead atoms. The van der Waals surface area contributed by atoms with Crippen LogP contribution in [0.5, 0.6) is 0 Å². The van der Waals surface area contributed by atoms with Crippen molar-refractivity contribution in [2.24, 2.45) is 7.05 Å². The lowest BCUT2D eigenvalue weighted by Crippen LogP contribution is -2.41. The average Bonchev–Trinajstić information content (AvgIpc) is 3.18. The number of hydrogen-bond donors (Lipinski definition) is 0. The molecule has 0 spiro atoms. The quantitative estimate of drug-likeness (QED) is 0.487. The summed E-state index contributed by atoms with van der Waals surface area (Å²) >= 11 is 0. The standard InChI is InChI=1S/C20H21N5O4/c1-11-6-7-14(12(2)8-11)25-13(3)9-23-16-17(21-19(23)25)22(4)20(28)24(18(16)27)10-15(26)29-5/h6-9H,10H2,1-5H3. The lowest BCUT2D eigenvalue weighted by Gasteiger charge is -2.10. The number of carbonyl (C=O) groups excluding carboxylic acids is 1. The largest absolute Gasteiger partial charge is 0.468 e. The molecule has 29 heavy (non-hydrogen) atoms. The van der Waals surface area contributed by atoms with Crippen molar-refractivity contribution in [3.05, 3.63) is 62.1 Å². The van der Waals surface area contributed by atoms with Gasteiger partial charge in [0.25, 0.3) is 5.56 Å². The normalized spacial score (nSPS) is 11.5. The van der Waals surface area contributed by atoms with Gasteiger partial charge in [-0.2, -0.15) is 4.98 Å². The molecule has 9 nitrogen and oxygen atoms in total. The molecule has 0 aliphatic rings. The molecule has 3 heterocycles. The molecule has 0 unspecified atom stereocenters. The third-order valence-electron chi connectivity index (χ3n) is 5.13. The van der Waals surface area contributed by atoms with Gasteiger partial charge in [-0.1, -0.05) is 17.7 Å². The van der Waals surface area contributed by atoms with Crippen LogP contribution in [0.3, 0.4) is 0 Å². The van der Waals surface area contributed by atoms with Gasteiger partial charge in [0.15, 0.2) is 11.2 Å². The summed E-state index contributed by atoms with van der Waals surface area (Å²) in [5, 5.41) is 0. The maximum Gasteiger partial charge on any atom is 0.333 e. The van der Waals surface area contributed by atoms with E-state index in [4.69, 9.17) is 0 Å². The number of carbonyl (C=O) groups is 1. The Morgan fingerprint density at radius 2 is 1.90 bits per heavy atom. The van der Waals surface area contributed by atoms with Crippen LogP contribution in [0.2, 0.25) is 0 Å². The van der Waals surface area contributed by atoms with Gasteiger partial charge >= 0.3 is 11.7 Å². The Hall–Kier alpha value is -3.62. The molecular formula is C20H21N5O4. The van der Waals surface area contributed by atoms with Crippen LogP contribution < -0.4 is 11.2 Å². The van der Waals surface area contributed by atoms with Gasteiger partial charge in [0.1, 0.15) is 6.54 Å². The van der Waals surface area contributed by atoms with Crippen molar-refractivity contribution >= 4 is 22.9 Å². The van der Waals surface area contributed by atoms with E-state index in [9.17, 15) is 14.4 Å². The van der Waals surface area contributed by atoms with Crippen LogP contribution >= 0.6 is 0 Å². The summed E-state index contributed by atoms with van der Waals surface area (Å²) in [4.78, 5) is 42.0. The van der Waals surface area contributed by atoms with Crippen molar-refractivity contribution in [2.45, 2.75) is 27.3 Å². The number of fused-ring (bicyclic) bond motifs is 3. The molecule has 0 aliphatic heterocycles. The van der Waals surface area contributed by atoms with Gasteiger partial charge in [-0.05, 0) is 32.4 Å². The highest BCUT2D eigenvalue weighted by molar-refractivity contribution is 5.77. The Labute approximate surface area is 165 Å². The van der Waals surface area contributed by atoms with Gasteiger partial charge in [-0.15, -0.1) is 0 Å². The second-order valence-corrected chi connectivity index (χ2v) is 7.16. The van der Waals surface area contributed by atoms with Crippen LogP contribution in [-0.2, 0) is 23.1 Å². The molecule has 1 aromatic carbocycles. The summed E-state index contributed by atoms with van der Waals surface area (Å²) in [6.45, 7) is 5.51. The molecule has 3 aromatic heterocycles. The fourth-order valence-corrected chi connectivity index (χ4v) is 3.70. The van der Waals surface area contributed by atoms with Gasteiger partial charge in [0, 0.05) is 18.9 Å². The van der Waals surface area contributed by atoms with E-state index in [0.717, 1.165) is 27.1 Å². The van der Waals surface area contributed by atoms with Crippen molar-refractivity contribution < 1.29 is 9.53 Å². The van der Waals surface area contributed by atoms with E-state index >= 15 is 0 Å². The number of hydrogen-bond acceptors (Lipinski definition) is 5. The molecule has 0 saturated carbocycles. The molecule has 150 valence electrons. The number of methoxy groups -OCH3 is 1. The lowest BCUT2D eigenvalue weighted by molar-refractivity contribution is -0.141. The highest BCUT2D eigenvalue weighted by Crippen LogP contribution is 2.23. The second-order valence-electron chi connectivity index (χ2n) is 7.16. The Morgan fingerprint density at radius 1 is 1.17 bits per heavy atom.